The van der Waals surface area contributed by atoms with E-state index in [4.69, 9.17) is 9.84 Å². The van der Waals surface area contributed by atoms with E-state index in [-0.39, 0.29) is 22.2 Å². The molecule has 0 saturated heterocycles. The fraction of sp³-hybridized carbons (Fsp3) is 0.143. The van der Waals surface area contributed by atoms with Crippen LogP contribution in [0.15, 0.2) is 41.3 Å². The van der Waals surface area contributed by atoms with Crippen LogP contribution in [-0.4, -0.2) is 22.3 Å². The van der Waals surface area contributed by atoms with Crippen molar-refractivity contribution < 1.29 is 27.8 Å². The van der Waals surface area contributed by atoms with Crippen molar-refractivity contribution in [2.45, 2.75) is 11.1 Å². The summed E-state index contributed by atoms with van der Waals surface area (Å²) in [7, 11) is 0. The summed E-state index contributed by atoms with van der Waals surface area (Å²) in [5.41, 5.74) is -1.07. The molecule has 1 aromatic heterocycles. The van der Waals surface area contributed by atoms with Gasteiger partial charge in [0.1, 0.15) is 5.75 Å². The Balaban J connectivity index is 2.34. The molecule has 0 aliphatic rings. The Labute approximate surface area is 127 Å². The molecule has 2 aromatic rings. The minimum atomic E-state index is -4.51. The molecule has 0 bridgehead atoms. The summed E-state index contributed by atoms with van der Waals surface area (Å²) in [4.78, 5) is 14.6. The van der Waals surface area contributed by atoms with Crippen LogP contribution in [0.25, 0.3) is 0 Å². The zero-order valence-corrected chi connectivity index (χ0v) is 12.0. The monoisotopic (exact) mass is 329 g/mol. The van der Waals surface area contributed by atoms with Gasteiger partial charge < -0.3 is 9.84 Å². The van der Waals surface area contributed by atoms with E-state index >= 15 is 0 Å². The second-order valence-electron chi connectivity index (χ2n) is 4.13. The summed E-state index contributed by atoms with van der Waals surface area (Å²) in [6.45, 7) is 0. The van der Waals surface area contributed by atoms with Crippen molar-refractivity contribution in [1.29, 1.82) is 0 Å². The Hall–Kier alpha value is -2.22. The van der Waals surface area contributed by atoms with Gasteiger partial charge in [0.05, 0.1) is 5.56 Å². The zero-order chi connectivity index (χ0) is 16.3. The number of aromatic nitrogens is 1. The Morgan fingerprint density at radius 2 is 2.00 bits per heavy atom. The highest BCUT2D eigenvalue weighted by Gasteiger charge is 2.33. The number of rotatable bonds is 4. The van der Waals surface area contributed by atoms with E-state index in [9.17, 15) is 18.0 Å². The summed E-state index contributed by atoms with van der Waals surface area (Å²) >= 11 is 0.975. The highest BCUT2D eigenvalue weighted by atomic mass is 32.2. The molecule has 1 N–H and O–H groups in total. The Bertz CT molecular complexity index is 704. The highest BCUT2D eigenvalue weighted by molar-refractivity contribution is 7.98. The molecule has 0 unspecified atom stereocenters. The normalized spacial score (nSPS) is 11.3. The number of pyridine rings is 1. The van der Waals surface area contributed by atoms with Crippen molar-refractivity contribution in [3.8, 4) is 11.6 Å². The van der Waals surface area contributed by atoms with Gasteiger partial charge >= 0.3 is 12.1 Å². The number of hydrogen-bond donors (Lipinski definition) is 1. The fourth-order valence-corrected chi connectivity index (χ4v) is 2.28. The van der Waals surface area contributed by atoms with Gasteiger partial charge in [0, 0.05) is 11.0 Å². The van der Waals surface area contributed by atoms with E-state index in [1.807, 2.05) is 0 Å². The molecule has 0 atom stereocenters. The van der Waals surface area contributed by atoms with E-state index in [1.165, 1.54) is 30.3 Å². The van der Waals surface area contributed by atoms with Crippen LogP contribution in [0.3, 0.4) is 0 Å². The van der Waals surface area contributed by atoms with Crippen molar-refractivity contribution in [2.75, 3.05) is 6.26 Å². The Morgan fingerprint density at radius 1 is 1.27 bits per heavy atom. The van der Waals surface area contributed by atoms with Crippen molar-refractivity contribution in [2.24, 2.45) is 0 Å². The molecule has 8 heteroatoms. The third-order valence-electron chi connectivity index (χ3n) is 2.64. The summed E-state index contributed by atoms with van der Waals surface area (Å²) < 4.78 is 44.1. The SMILES string of the molecule is CSc1ccc(Oc2cccc(C(=O)O)n2)cc1C(F)(F)F. The van der Waals surface area contributed by atoms with Crippen LogP contribution in [0.5, 0.6) is 11.6 Å². The molecule has 0 saturated carbocycles. The average Bonchev–Trinajstić information content (AvgIpc) is 2.46. The molecular formula is C14H10F3NO3S. The topological polar surface area (TPSA) is 59.4 Å². The molecule has 2 rings (SSSR count). The van der Waals surface area contributed by atoms with Gasteiger partial charge in [0.25, 0.3) is 0 Å². The number of alkyl halides is 3. The van der Waals surface area contributed by atoms with Gasteiger partial charge in [0.15, 0.2) is 5.69 Å². The maximum Gasteiger partial charge on any atom is 0.417 e. The van der Waals surface area contributed by atoms with Gasteiger partial charge in [-0.25, -0.2) is 9.78 Å². The van der Waals surface area contributed by atoms with Crippen LogP contribution in [0.2, 0.25) is 0 Å². The Morgan fingerprint density at radius 3 is 2.59 bits per heavy atom. The lowest BCUT2D eigenvalue weighted by molar-refractivity contribution is -0.139. The van der Waals surface area contributed by atoms with Gasteiger partial charge in [-0.15, -0.1) is 11.8 Å². The van der Waals surface area contributed by atoms with Gasteiger partial charge in [-0.1, -0.05) is 6.07 Å². The van der Waals surface area contributed by atoms with Gasteiger partial charge in [-0.3, -0.25) is 0 Å². The number of nitrogens with zero attached hydrogens (tertiary/aromatic N) is 1. The quantitative estimate of drug-likeness (QED) is 0.847. The molecule has 22 heavy (non-hydrogen) atoms. The highest BCUT2D eigenvalue weighted by Crippen LogP contribution is 2.38. The van der Waals surface area contributed by atoms with E-state index in [0.717, 1.165) is 17.8 Å². The first kappa shape index (κ1) is 16.2. The number of aromatic carboxylic acids is 1. The lowest BCUT2D eigenvalue weighted by Crippen LogP contribution is -2.07. The number of carboxylic acid groups (broad SMARTS) is 1. The van der Waals surface area contributed by atoms with Crippen LogP contribution >= 0.6 is 11.8 Å². The number of carbonyl (C=O) groups is 1. The number of ether oxygens (including phenoxy) is 1. The molecule has 116 valence electrons. The number of halogens is 3. The number of thioether (sulfide) groups is 1. The van der Waals surface area contributed by atoms with E-state index < -0.39 is 17.7 Å². The minimum Gasteiger partial charge on any atom is -0.477 e. The fourth-order valence-electron chi connectivity index (χ4n) is 1.68. The molecule has 0 spiro atoms. The van der Waals surface area contributed by atoms with Crippen molar-refractivity contribution in [3.05, 3.63) is 47.7 Å². The van der Waals surface area contributed by atoms with Crippen LogP contribution in [0.4, 0.5) is 13.2 Å². The van der Waals surface area contributed by atoms with Crippen molar-refractivity contribution in [3.63, 3.8) is 0 Å². The lowest BCUT2D eigenvalue weighted by atomic mass is 10.2. The summed E-state index contributed by atoms with van der Waals surface area (Å²) in [5.74, 6) is -1.41. The number of carboxylic acids is 1. The third-order valence-corrected chi connectivity index (χ3v) is 3.44. The maximum absolute atomic E-state index is 13.0. The molecule has 0 aliphatic heterocycles. The second-order valence-corrected chi connectivity index (χ2v) is 4.98. The molecule has 0 radical (unpaired) electrons. The van der Waals surface area contributed by atoms with E-state index in [2.05, 4.69) is 4.98 Å². The smallest absolute Gasteiger partial charge is 0.417 e. The zero-order valence-electron chi connectivity index (χ0n) is 11.2. The molecule has 1 aromatic carbocycles. The van der Waals surface area contributed by atoms with Gasteiger partial charge in [-0.05, 0) is 30.5 Å². The van der Waals surface area contributed by atoms with Crippen LogP contribution in [0, 0.1) is 0 Å². The van der Waals surface area contributed by atoms with E-state index in [0.29, 0.717) is 0 Å². The van der Waals surface area contributed by atoms with Crippen molar-refractivity contribution in [1.82, 2.24) is 4.98 Å². The number of benzene rings is 1. The molecule has 0 aliphatic carbocycles. The third kappa shape index (κ3) is 3.70. The standard InChI is InChI=1S/C14H10F3NO3S/c1-22-11-6-5-8(7-9(11)14(15,16)17)21-12-4-2-3-10(18-12)13(19)20/h2-7H,1H3,(H,19,20). The average molecular weight is 329 g/mol. The summed E-state index contributed by atoms with van der Waals surface area (Å²) in [6.07, 6.45) is -2.96. The predicted octanol–water partition coefficient (Wildman–Crippen LogP) is 4.31. The molecule has 1 heterocycles. The van der Waals surface area contributed by atoms with E-state index in [1.54, 1.807) is 6.26 Å². The first-order valence-electron chi connectivity index (χ1n) is 5.94. The largest absolute Gasteiger partial charge is 0.477 e. The first-order valence-corrected chi connectivity index (χ1v) is 7.17. The predicted molar refractivity (Wildman–Crippen MR) is 74.5 cm³/mol. The summed E-state index contributed by atoms with van der Waals surface area (Å²) in [6, 6.07) is 7.54. The molecular weight excluding hydrogens is 319 g/mol. The van der Waals surface area contributed by atoms with Crippen LogP contribution in [-0.2, 0) is 6.18 Å². The Kier molecular flexibility index (Phi) is 4.60. The maximum atomic E-state index is 13.0. The number of hydrogen-bond acceptors (Lipinski definition) is 4. The van der Waals surface area contributed by atoms with Gasteiger partial charge in [-0.2, -0.15) is 13.2 Å². The molecule has 0 fully saturated rings. The van der Waals surface area contributed by atoms with Crippen molar-refractivity contribution >= 4 is 17.7 Å². The summed E-state index contributed by atoms with van der Waals surface area (Å²) in [5, 5.41) is 8.82. The lowest BCUT2D eigenvalue weighted by Gasteiger charge is -2.13. The first-order chi connectivity index (χ1) is 10.3. The molecule has 4 nitrogen and oxygen atoms in total. The van der Waals surface area contributed by atoms with Gasteiger partial charge in [0.2, 0.25) is 5.88 Å². The van der Waals surface area contributed by atoms with Crippen LogP contribution in [0.1, 0.15) is 16.1 Å². The van der Waals surface area contributed by atoms with Crippen LogP contribution < -0.4 is 4.74 Å². The second kappa shape index (κ2) is 6.27. The molecule has 0 amide bonds. The minimum absolute atomic E-state index is 0.0693.